The molecule has 75 valence electrons. The maximum absolute atomic E-state index is 5.55. The van der Waals surface area contributed by atoms with Gasteiger partial charge in [-0.15, -0.1) is 0 Å². The smallest absolute Gasteiger partial charge is 0.329 e. The molecule has 1 aromatic rings. The predicted molar refractivity (Wildman–Crippen MR) is 55.1 cm³/mol. The molecule has 0 unspecified atom stereocenters. The van der Waals surface area contributed by atoms with E-state index in [1.807, 2.05) is 24.3 Å². The molecule has 0 aliphatic carbocycles. The van der Waals surface area contributed by atoms with Crippen LogP contribution in [0.1, 0.15) is 32.6 Å². The van der Waals surface area contributed by atoms with E-state index in [1.54, 1.807) is 0 Å². The first-order valence-corrected chi connectivity index (χ1v) is 5.20. The number of rotatable bonds is 4. The molecule has 1 aliphatic rings. The zero-order chi connectivity index (χ0) is 9.80. The summed E-state index contributed by atoms with van der Waals surface area (Å²) in [5.74, 6) is 1.69. The monoisotopic (exact) mass is 191 g/mol. The summed E-state index contributed by atoms with van der Waals surface area (Å²) in [5, 5.41) is 0. The predicted octanol–water partition coefficient (Wildman–Crippen LogP) is 3.53. The van der Waals surface area contributed by atoms with Crippen molar-refractivity contribution in [2.45, 2.75) is 32.6 Å². The van der Waals surface area contributed by atoms with E-state index < -0.39 is 0 Å². The molecule has 14 heavy (non-hydrogen) atoms. The summed E-state index contributed by atoms with van der Waals surface area (Å²) in [6.07, 6.45) is 5.24. The summed E-state index contributed by atoms with van der Waals surface area (Å²) in [6.45, 7) is 2.19. The first-order chi connectivity index (χ1) is 6.90. The molecule has 0 fully saturated rings. The van der Waals surface area contributed by atoms with Crippen LogP contribution in [0, 0.1) is 6.29 Å². The quantitative estimate of drug-likeness (QED) is 0.678. The highest BCUT2D eigenvalue weighted by molar-refractivity contribution is 5.43. The first-order valence-electron chi connectivity index (χ1n) is 5.20. The lowest BCUT2D eigenvalue weighted by Crippen LogP contribution is -2.06. The number of para-hydroxylation sites is 2. The maximum Gasteiger partial charge on any atom is 0.329 e. The molecule has 0 spiro atoms. The summed E-state index contributed by atoms with van der Waals surface area (Å²) >= 11 is 0. The Kier molecular flexibility index (Phi) is 2.92. The Labute approximate surface area is 84.8 Å². The molecule has 0 atom stereocenters. The molecule has 0 amide bonds. The third-order valence-corrected chi connectivity index (χ3v) is 2.28. The van der Waals surface area contributed by atoms with Crippen molar-refractivity contribution >= 4 is 0 Å². The lowest BCUT2D eigenvalue weighted by Gasteiger charge is -2.05. The third kappa shape index (κ3) is 2.00. The van der Waals surface area contributed by atoms with E-state index in [4.69, 9.17) is 9.47 Å². The van der Waals surface area contributed by atoms with E-state index in [1.165, 1.54) is 12.8 Å². The summed E-state index contributed by atoms with van der Waals surface area (Å²) in [4.78, 5) is 0. The van der Waals surface area contributed by atoms with Crippen LogP contribution in [0.2, 0.25) is 0 Å². The Morgan fingerprint density at radius 1 is 1.00 bits per heavy atom. The standard InChI is InChI=1S/C12H15O2/c1-2-3-4-9-12-13-10-7-5-6-8-11(10)14-12/h5-8H,2-4,9H2,1H3. The molecule has 0 saturated carbocycles. The first kappa shape index (κ1) is 9.38. The number of fused-ring (bicyclic) bond motifs is 1. The van der Waals surface area contributed by atoms with Crippen LogP contribution in [0.25, 0.3) is 0 Å². The van der Waals surface area contributed by atoms with E-state index in [2.05, 4.69) is 6.92 Å². The Morgan fingerprint density at radius 2 is 1.64 bits per heavy atom. The average molecular weight is 191 g/mol. The van der Waals surface area contributed by atoms with Crippen LogP contribution < -0.4 is 9.47 Å². The molecule has 2 rings (SSSR count). The largest absolute Gasteiger partial charge is 0.442 e. The second kappa shape index (κ2) is 4.36. The summed E-state index contributed by atoms with van der Waals surface area (Å²) in [5.41, 5.74) is 0. The van der Waals surface area contributed by atoms with Crippen molar-refractivity contribution in [2.75, 3.05) is 0 Å². The van der Waals surface area contributed by atoms with E-state index in [9.17, 15) is 0 Å². The summed E-state index contributed by atoms with van der Waals surface area (Å²) < 4.78 is 11.1. The Hall–Kier alpha value is -1.18. The second-order valence-corrected chi connectivity index (χ2v) is 3.48. The lowest BCUT2D eigenvalue weighted by molar-refractivity contribution is 0.159. The molecule has 1 aliphatic heterocycles. The zero-order valence-corrected chi connectivity index (χ0v) is 8.45. The summed E-state index contributed by atoms with van der Waals surface area (Å²) in [7, 11) is 0. The molecular formula is C12H15O2. The highest BCUT2D eigenvalue weighted by Crippen LogP contribution is 2.38. The van der Waals surface area contributed by atoms with Gasteiger partial charge in [0, 0.05) is 6.42 Å². The van der Waals surface area contributed by atoms with Gasteiger partial charge < -0.3 is 9.47 Å². The molecule has 2 heteroatoms. The molecule has 2 nitrogen and oxygen atoms in total. The minimum Gasteiger partial charge on any atom is -0.442 e. The van der Waals surface area contributed by atoms with Crippen molar-refractivity contribution in [1.29, 1.82) is 0 Å². The van der Waals surface area contributed by atoms with E-state index in [0.29, 0.717) is 0 Å². The molecule has 0 aromatic heterocycles. The number of benzene rings is 1. The van der Waals surface area contributed by atoms with Gasteiger partial charge in [0.25, 0.3) is 0 Å². The van der Waals surface area contributed by atoms with E-state index in [0.717, 1.165) is 30.6 Å². The van der Waals surface area contributed by atoms with Crippen LogP contribution in [-0.4, -0.2) is 0 Å². The van der Waals surface area contributed by atoms with Crippen molar-refractivity contribution in [3.8, 4) is 11.5 Å². The molecule has 1 heterocycles. The van der Waals surface area contributed by atoms with Crippen molar-refractivity contribution in [2.24, 2.45) is 0 Å². The Bertz CT molecular complexity index is 271. The van der Waals surface area contributed by atoms with E-state index in [-0.39, 0.29) is 0 Å². The van der Waals surface area contributed by atoms with Gasteiger partial charge in [-0.3, -0.25) is 0 Å². The van der Waals surface area contributed by atoms with Crippen molar-refractivity contribution in [3.05, 3.63) is 30.6 Å². The molecule has 0 saturated heterocycles. The molecular weight excluding hydrogens is 176 g/mol. The van der Waals surface area contributed by atoms with Gasteiger partial charge in [-0.25, -0.2) is 0 Å². The maximum atomic E-state index is 5.55. The number of hydrogen-bond acceptors (Lipinski definition) is 2. The van der Waals surface area contributed by atoms with Crippen LogP contribution in [0.5, 0.6) is 11.5 Å². The van der Waals surface area contributed by atoms with Gasteiger partial charge >= 0.3 is 6.29 Å². The van der Waals surface area contributed by atoms with Gasteiger partial charge in [0.2, 0.25) is 0 Å². The Balaban J connectivity index is 1.86. The van der Waals surface area contributed by atoms with Gasteiger partial charge in [-0.2, -0.15) is 0 Å². The van der Waals surface area contributed by atoms with Crippen LogP contribution in [0.15, 0.2) is 24.3 Å². The number of hydrogen-bond donors (Lipinski definition) is 0. The minimum absolute atomic E-state index is 0.750. The second-order valence-electron chi connectivity index (χ2n) is 3.48. The van der Waals surface area contributed by atoms with Crippen molar-refractivity contribution < 1.29 is 9.47 Å². The van der Waals surface area contributed by atoms with Crippen molar-refractivity contribution in [1.82, 2.24) is 0 Å². The van der Waals surface area contributed by atoms with Gasteiger partial charge in [0.05, 0.1) is 0 Å². The van der Waals surface area contributed by atoms with Crippen LogP contribution in [0.3, 0.4) is 0 Å². The number of ether oxygens (including phenoxy) is 2. The number of unbranched alkanes of at least 4 members (excludes halogenated alkanes) is 2. The molecule has 1 radical (unpaired) electrons. The normalized spacial score (nSPS) is 14.6. The van der Waals surface area contributed by atoms with Gasteiger partial charge in [-0.1, -0.05) is 31.9 Å². The van der Waals surface area contributed by atoms with Gasteiger partial charge in [0.1, 0.15) is 0 Å². The van der Waals surface area contributed by atoms with Gasteiger partial charge in [0.15, 0.2) is 11.5 Å². The highest BCUT2D eigenvalue weighted by atomic mass is 16.7. The fourth-order valence-electron chi connectivity index (χ4n) is 1.51. The fraction of sp³-hybridized carbons (Fsp3) is 0.417. The average Bonchev–Trinajstić information content (AvgIpc) is 2.60. The summed E-state index contributed by atoms with van der Waals surface area (Å²) in [6, 6.07) is 7.78. The highest BCUT2D eigenvalue weighted by Gasteiger charge is 2.24. The fourth-order valence-corrected chi connectivity index (χ4v) is 1.51. The Morgan fingerprint density at radius 3 is 2.21 bits per heavy atom. The molecule has 1 aromatic carbocycles. The van der Waals surface area contributed by atoms with Gasteiger partial charge in [-0.05, 0) is 18.6 Å². The van der Waals surface area contributed by atoms with E-state index >= 15 is 0 Å². The molecule has 0 N–H and O–H groups in total. The topological polar surface area (TPSA) is 18.5 Å². The van der Waals surface area contributed by atoms with Crippen LogP contribution in [-0.2, 0) is 0 Å². The SMILES string of the molecule is CCCCC[C]1Oc2ccccc2O1. The van der Waals surface area contributed by atoms with Crippen molar-refractivity contribution in [3.63, 3.8) is 0 Å². The minimum atomic E-state index is 0.750. The van der Waals surface area contributed by atoms with Crippen LogP contribution >= 0.6 is 0 Å². The lowest BCUT2D eigenvalue weighted by atomic mass is 10.2. The third-order valence-electron chi connectivity index (χ3n) is 2.28. The van der Waals surface area contributed by atoms with Crippen LogP contribution in [0.4, 0.5) is 0 Å². The molecule has 0 bridgehead atoms. The zero-order valence-electron chi connectivity index (χ0n) is 8.45.